The van der Waals surface area contributed by atoms with Gasteiger partial charge in [0, 0.05) is 25.6 Å². The summed E-state index contributed by atoms with van der Waals surface area (Å²) < 4.78 is 42.7. The zero-order valence-electron chi connectivity index (χ0n) is 14.5. The maximum absolute atomic E-state index is 12.7. The van der Waals surface area contributed by atoms with Crippen LogP contribution in [0.3, 0.4) is 0 Å². The highest BCUT2D eigenvalue weighted by Gasteiger charge is 2.33. The van der Waals surface area contributed by atoms with Crippen molar-refractivity contribution >= 4 is 12.2 Å². The number of halogens is 3. The molecule has 1 aromatic carbocycles. The Labute approximate surface area is 155 Å². The summed E-state index contributed by atoms with van der Waals surface area (Å²) in [6, 6.07) is 5.87. The Bertz CT molecular complexity index is 845. The molecule has 0 unspecified atom stereocenters. The van der Waals surface area contributed by atoms with E-state index in [0.29, 0.717) is 29.9 Å². The topological polar surface area (TPSA) is 26.0 Å². The number of rotatable bonds is 6. The molecule has 0 radical (unpaired) electrons. The Morgan fingerprint density at radius 1 is 1.15 bits per heavy atom. The number of aromatic nitrogens is 3. The number of nitrogens with zero attached hydrogens (tertiary/aromatic N) is 4. The molecule has 2 aliphatic carbocycles. The Balaban J connectivity index is 1.50. The van der Waals surface area contributed by atoms with Crippen LogP contribution in [0.15, 0.2) is 24.3 Å². The molecule has 1 heterocycles. The second kappa shape index (κ2) is 6.49. The molecular weight excluding hydrogens is 361 g/mol. The standard InChI is InChI=1S/C18H21F3N4S/c1-23-16(13-4-5-13)22-25(17(23)26)11-24(15-8-9-15)10-12-2-6-14(7-3-12)18(19,20)21/h2-3,6-7,13,15H,4-5,8-11H2,1H3. The maximum atomic E-state index is 12.7. The summed E-state index contributed by atoms with van der Waals surface area (Å²) in [6.07, 6.45) is 0.247. The Kier molecular flexibility index (Phi) is 4.43. The van der Waals surface area contributed by atoms with Crippen LogP contribution in [0.5, 0.6) is 0 Å². The smallest absolute Gasteiger partial charge is 0.307 e. The van der Waals surface area contributed by atoms with Gasteiger partial charge in [-0.2, -0.15) is 18.3 Å². The molecule has 0 amide bonds. The van der Waals surface area contributed by atoms with Crippen LogP contribution in [0.4, 0.5) is 13.2 Å². The molecule has 1 aromatic heterocycles. The van der Waals surface area contributed by atoms with E-state index in [1.165, 1.54) is 0 Å². The van der Waals surface area contributed by atoms with Crippen LogP contribution in [0.1, 0.15) is 48.6 Å². The Morgan fingerprint density at radius 2 is 1.81 bits per heavy atom. The normalized spacial score (nSPS) is 17.9. The van der Waals surface area contributed by atoms with Crippen molar-refractivity contribution in [1.82, 2.24) is 19.2 Å². The summed E-state index contributed by atoms with van der Waals surface area (Å²) in [5.74, 6) is 1.56. The van der Waals surface area contributed by atoms with E-state index in [4.69, 9.17) is 17.3 Å². The van der Waals surface area contributed by atoms with Crippen LogP contribution < -0.4 is 0 Å². The summed E-state index contributed by atoms with van der Waals surface area (Å²) >= 11 is 5.52. The zero-order valence-corrected chi connectivity index (χ0v) is 15.4. The van der Waals surface area contributed by atoms with Gasteiger partial charge in [0.05, 0.1) is 12.2 Å². The third-order valence-corrected chi connectivity index (χ3v) is 5.55. The van der Waals surface area contributed by atoms with Crippen molar-refractivity contribution in [2.45, 2.75) is 57.0 Å². The average Bonchev–Trinajstić information content (AvgIpc) is 3.48. The highest BCUT2D eigenvalue weighted by molar-refractivity contribution is 7.71. The zero-order chi connectivity index (χ0) is 18.5. The van der Waals surface area contributed by atoms with E-state index < -0.39 is 11.7 Å². The maximum Gasteiger partial charge on any atom is 0.416 e. The van der Waals surface area contributed by atoms with Crippen LogP contribution in [-0.2, 0) is 26.4 Å². The van der Waals surface area contributed by atoms with E-state index >= 15 is 0 Å². The number of benzene rings is 1. The van der Waals surface area contributed by atoms with Crippen molar-refractivity contribution in [3.05, 3.63) is 46.0 Å². The lowest BCUT2D eigenvalue weighted by atomic mass is 10.1. The van der Waals surface area contributed by atoms with E-state index in [1.54, 1.807) is 12.1 Å². The third kappa shape index (κ3) is 3.71. The minimum absolute atomic E-state index is 0.450. The fourth-order valence-corrected chi connectivity index (χ4v) is 3.43. The molecule has 4 nitrogen and oxygen atoms in total. The molecule has 8 heteroatoms. The van der Waals surface area contributed by atoms with Crippen molar-refractivity contribution in [1.29, 1.82) is 0 Å². The summed E-state index contributed by atoms with van der Waals surface area (Å²) in [4.78, 5) is 2.25. The first kappa shape index (κ1) is 17.7. The molecule has 0 bridgehead atoms. The highest BCUT2D eigenvalue weighted by atomic mass is 32.1. The summed E-state index contributed by atoms with van der Waals surface area (Å²) in [7, 11) is 1.96. The Hall–Kier alpha value is -1.67. The summed E-state index contributed by atoms with van der Waals surface area (Å²) in [5.41, 5.74) is 0.259. The molecule has 26 heavy (non-hydrogen) atoms. The predicted octanol–water partition coefficient (Wildman–Crippen LogP) is 4.47. The van der Waals surface area contributed by atoms with E-state index in [9.17, 15) is 13.2 Å². The Morgan fingerprint density at radius 3 is 2.35 bits per heavy atom. The highest BCUT2D eigenvalue weighted by Crippen LogP contribution is 2.39. The lowest BCUT2D eigenvalue weighted by molar-refractivity contribution is -0.137. The van der Waals surface area contributed by atoms with Gasteiger partial charge in [0.25, 0.3) is 0 Å². The first-order valence-electron chi connectivity index (χ1n) is 8.87. The van der Waals surface area contributed by atoms with Crippen LogP contribution >= 0.6 is 12.2 Å². The van der Waals surface area contributed by atoms with Crippen molar-refractivity contribution in [2.24, 2.45) is 7.05 Å². The van der Waals surface area contributed by atoms with Crippen molar-refractivity contribution in [2.75, 3.05) is 0 Å². The van der Waals surface area contributed by atoms with Gasteiger partial charge in [0.1, 0.15) is 5.82 Å². The average molecular weight is 382 g/mol. The molecule has 2 aliphatic rings. The molecule has 0 saturated heterocycles. The lowest BCUT2D eigenvalue weighted by Gasteiger charge is -2.22. The molecule has 0 aliphatic heterocycles. The third-order valence-electron chi connectivity index (χ3n) is 5.06. The quantitative estimate of drug-likeness (QED) is 0.690. The molecule has 2 fully saturated rings. The van der Waals surface area contributed by atoms with Crippen LogP contribution in [0.25, 0.3) is 0 Å². The molecule has 4 rings (SSSR count). The van der Waals surface area contributed by atoms with E-state index in [0.717, 1.165) is 49.2 Å². The first-order valence-corrected chi connectivity index (χ1v) is 9.27. The van der Waals surface area contributed by atoms with Gasteiger partial charge >= 0.3 is 6.18 Å². The fraction of sp³-hybridized carbons (Fsp3) is 0.556. The molecule has 2 saturated carbocycles. The molecule has 140 valence electrons. The first-order chi connectivity index (χ1) is 12.3. The minimum atomic E-state index is -4.30. The molecule has 2 aromatic rings. The second-order valence-electron chi connectivity index (χ2n) is 7.29. The monoisotopic (exact) mass is 382 g/mol. The summed E-state index contributed by atoms with van der Waals surface area (Å²) in [5, 5.41) is 4.69. The second-order valence-corrected chi connectivity index (χ2v) is 7.65. The van der Waals surface area contributed by atoms with Crippen molar-refractivity contribution in [3.63, 3.8) is 0 Å². The molecule has 0 spiro atoms. The van der Waals surface area contributed by atoms with Crippen LogP contribution in [0, 0.1) is 4.77 Å². The van der Waals surface area contributed by atoms with Gasteiger partial charge in [-0.3, -0.25) is 4.90 Å². The van der Waals surface area contributed by atoms with Crippen molar-refractivity contribution in [3.8, 4) is 0 Å². The van der Waals surface area contributed by atoms with E-state index in [2.05, 4.69) is 4.90 Å². The number of alkyl halides is 3. The molecule has 0 atom stereocenters. The molecule has 0 N–H and O–H groups in total. The fourth-order valence-electron chi connectivity index (χ4n) is 3.23. The lowest BCUT2D eigenvalue weighted by Crippen LogP contribution is -2.29. The van der Waals surface area contributed by atoms with Gasteiger partial charge in [0.15, 0.2) is 4.77 Å². The largest absolute Gasteiger partial charge is 0.416 e. The minimum Gasteiger partial charge on any atom is -0.307 e. The van der Waals surface area contributed by atoms with Gasteiger partial charge in [-0.25, -0.2) is 4.68 Å². The number of hydrogen-bond acceptors (Lipinski definition) is 3. The van der Waals surface area contributed by atoms with E-state index in [1.807, 2.05) is 16.3 Å². The van der Waals surface area contributed by atoms with Crippen LogP contribution in [0.2, 0.25) is 0 Å². The SMILES string of the molecule is Cn1c(C2CC2)nn(CN(Cc2ccc(C(F)(F)F)cc2)C2CC2)c1=S. The number of hydrogen-bond donors (Lipinski definition) is 0. The van der Waals surface area contributed by atoms with Gasteiger partial charge in [0.2, 0.25) is 0 Å². The van der Waals surface area contributed by atoms with Gasteiger partial charge in [-0.1, -0.05) is 12.1 Å². The van der Waals surface area contributed by atoms with Gasteiger partial charge in [-0.15, -0.1) is 0 Å². The van der Waals surface area contributed by atoms with E-state index in [-0.39, 0.29) is 0 Å². The van der Waals surface area contributed by atoms with Crippen molar-refractivity contribution < 1.29 is 13.2 Å². The van der Waals surface area contributed by atoms with Gasteiger partial charge < -0.3 is 4.57 Å². The summed E-state index contributed by atoms with van der Waals surface area (Å²) in [6.45, 7) is 1.17. The van der Waals surface area contributed by atoms with Crippen LogP contribution in [-0.4, -0.2) is 25.3 Å². The predicted molar refractivity (Wildman–Crippen MR) is 94.0 cm³/mol. The molecular formula is C18H21F3N4S. The van der Waals surface area contributed by atoms with Gasteiger partial charge in [-0.05, 0) is 55.6 Å².